The van der Waals surface area contributed by atoms with E-state index in [0.717, 1.165) is 31.4 Å². The van der Waals surface area contributed by atoms with Crippen LogP contribution in [-0.2, 0) is 29.4 Å². The van der Waals surface area contributed by atoms with Crippen molar-refractivity contribution in [3.63, 3.8) is 0 Å². The minimum atomic E-state index is -0.566. The molecule has 11 nitrogen and oxygen atoms in total. The normalized spacial score (nSPS) is 22.6. The first kappa shape index (κ1) is 47.4. The molecule has 0 spiro atoms. The van der Waals surface area contributed by atoms with Gasteiger partial charge in [0.1, 0.15) is 23.0 Å². The van der Waals surface area contributed by atoms with Gasteiger partial charge in [0.2, 0.25) is 17.7 Å². The van der Waals surface area contributed by atoms with E-state index in [0.29, 0.717) is 43.5 Å². The SMILES string of the molecule is CCCCCC(C)(C)c1ccc(Oc2ccc(N(C)C(=O)C3CCC(C(=O)Oc4ccc(OC(=O)C5CCC6C(=O)N(C(C)(C)CCCC)C(=O)C6C5)cc4)CC3CO)cc2)cc1. The lowest BCUT2D eigenvalue weighted by atomic mass is 9.73. The first-order valence-electron chi connectivity index (χ1n) is 23.2. The summed E-state index contributed by atoms with van der Waals surface area (Å²) in [6.07, 6.45) is 9.79. The van der Waals surface area contributed by atoms with Crippen LogP contribution >= 0.6 is 0 Å². The lowest BCUT2D eigenvalue weighted by Gasteiger charge is -2.35. The molecule has 6 atom stereocenters. The fraction of sp³-hybridized carbons (Fsp3) is 0.558. The predicted octanol–water partition coefficient (Wildman–Crippen LogP) is 10.2. The van der Waals surface area contributed by atoms with Gasteiger partial charge in [0, 0.05) is 30.8 Å². The molecule has 3 amide bonds. The van der Waals surface area contributed by atoms with Crippen molar-refractivity contribution in [2.45, 2.75) is 136 Å². The standard InChI is InChI=1S/C52H68N2O9/c1-8-10-12-29-51(3,4)37-15-19-39(20-16-37)61-40-21-17-38(18-22-40)53(7)46(56)43-27-13-34(31-36(43)33-55)49(59)62-41-23-25-42(26-24-41)63-50(60)35-14-28-44-45(32-35)48(58)54(47(44)57)52(5,6)30-11-9-2/h15-26,34-36,43-45,55H,8-14,27-33H2,1-7H3. The summed E-state index contributed by atoms with van der Waals surface area (Å²) in [5, 5.41) is 10.4. The number of unbranched alkanes of at least 4 members (excludes halogenated alkanes) is 3. The summed E-state index contributed by atoms with van der Waals surface area (Å²) in [4.78, 5) is 70.2. The Labute approximate surface area is 373 Å². The molecule has 6 unspecified atom stereocenters. The summed E-state index contributed by atoms with van der Waals surface area (Å²) in [5.41, 5.74) is 1.52. The minimum Gasteiger partial charge on any atom is -0.457 e. The molecular weight excluding hydrogens is 797 g/mol. The van der Waals surface area contributed by atoms with Gasteiger partial charge in [0.15, 0.2) is 0 Å². The Morgan fingerprint density at radius 1 is 0.667 bits per heavy atom. The number of aliphatic hydroxyl groups excluding tert-OH is 1. The summed E-state index contributed by atoms with van der Waals surface area (Å²) in [6.45, 7) is 12.5. The number of carbonyl (C=O) groups excluding carboxylic acids is 5. The molecule has 63 heavy (non-hydrogen) atoms. The Balaban J connectivity index is 0.963. The predicted molar refractivity (Wildman–Crippen MR) is 242 cm³/mol. The fourth-order valence-corrected chi connectivity index (χ4v) is 9.88. The maximum absolute atomic E-state index is 13.8. The van der Waals surface area contributed by atoms with Gasteiger partial charge in [0.25, 0.3) is 0 Å². The summed E-state index contributed by atoms with van der Waals surface area (Å²) >= 11 is 0. The average molecular weight is 865 g/mol. The maximum Gasteiger partial charge on any atom is 0.314 e. The topological polar surface area (TPSA) is 140 Å². The van der Waals surface area contributed by atoms with E-state index in [2.05, 4.69) is 39.8 Å². The van der Waals surface area contributed by atoms with E-state index in [4.69, 9.17) is 14.2 Å². The summed E-state index contributed by atoms with van der Waals surface area (Å²) in [6, 6.07) is 21.9. The first-order valence-corrected chi connectivity index (χ1v) is 23.2. The smallest absolute Gasteiger partial charge is 0.314 e. The van der Waals surface area contributed by atoms with Crippen LogP contribution in [0.3, 0.4) is 0 Å². The molecule has 3 fully saturated rings. The summed E-state index contributed by atoms with van der Waals surface area (Å²) < 4.78 is 17.5. The molecule has 2 aliphatic carbocycles. The molecule has 6 rings (SSSR count). The van der Waals surface area contributed by atoms with Crippen LogP contribution in [0.4, 0.5) is 5.69 Å². The molecule has 3 aromatic rings. The Hall–Kier alpha value is -5.03. The number of rotatable bonds is 18. The van der Waals surface area contributed by atoms with Crippen LogP contribution in [0, 0.1) is 35.5 Å². The van der Waals surface area contributed by atoms with Crippen LogP contribution in [0.15, 0.2) is 72.8 Å². The summed E-state index contributed by atoms with van der Waals surface area (Å²) in [7, 11) is 1.72. The number of likely N-dealkylation sites (tertiary alicyclic amines) is 1. The van der Waals surface area contributed by atoms with Crippen molar-refractivity contribution in [1.82, 2.24) is 4.90 Å². The molecular formula is C52H68N2O9. The van der Waals surface area contributed by atoms with Crippen molar-refractivity contribution in [2.24, 2.45) is 35.5 Å². The highest BCUT2D eigenvalue weighted by molar-refractivity contribution is 6.06. The Kier molecular flexibility index (Phi) is 15.6. The van der Waals surface area contributed by atoms with Gasteiger partial charge in [0.05, 0.1) is 23.7 Å². The molecule has 3 aliphatic rings. The zero-order valence-electron chi connectivity index (χ0n) is 38.4. The van der Waals surface area contributed by atoms with Crippen molar-refractivity contribution in [3.05, 3.63) is 78.4 Å². The van der Waals surface area contributed by atoms with Gasteiger partial charge in [-0.2, -0.15) is 0 Å². The van der Waals surface area contributed by atoms with E-state index in [-0.39, 0.29) is 47.7 Å². The molecule has 0 bridgehead atoms. The third-order valence-electron chi connectivity index (χ3n) is 14.0. The van der Waals surface area contributed by atoms with Crippen molar-refractivity contribution < 1.29 is 43.3 Å². The second-order valence-corrected chi connectivity index (χ2v) is 19.4. The van der Waals surface area contributed by atoms with Crippen molar-refractivity contribution in [1.29, 1.82) is 0 Å². The lowest BCUT2D eigenvalue weighted by molar-refractivity contribution is -0.146. The monoisotopic (exact) mass is 864 g/mol. The molecule has 11 heteroatoms. The van der Waals surface area contributed by atoms with E-state index in [9.17, 15) is 29.1 Å². The highest BCUT2D eigenvalue weighted by Crippen LogP contribution is 2.44. The Bertz CT molecular complexity index is 2060. The highest BCUT2D eigenvalue weighted by Gasteiger charge is 2.55. The largest absolute Gasteiger partial charge is 0.457 e. The van der Waals surface area contributed by atoms with Crippen molar-refractivity contribution in [3.8, 4) is 23.0 Å². The van der Waals surface area contributed by atoms with Gasteiger partial charge in [-0.1, -0.05) is 71.9 Å². The average Bonchev–Trinajstić information content (AvgIpc) is 3.54. The fourth-order valence-electron chi connectivity index (χ4n) is 9.88. The van der Waals surface area contributed by atoms with E-state index >= 15 is 0 Å². The number of benzene rings is 3. The number of hydrogen-bond acceptors (Lipinski definition) is 9. The molecule has 1 N–H and O–H groups in total. The third-order valence-corrected chi connectivity index (χ3v) is 14.0. The highest BCUT2D eigenvalue weighted by atomic mass is 16.5. The molecule has 2 saturated carbocycles. The van der Waals surface area contributed by atoms with E-state index in [1.807, 2.05) is 50.2 Å². The Morgan fingerprint density at radius 3 is 1.76 bits per heavy atom. The maximum atomic E-state index is 13.8. The minimum absolute atomic E-state index is 0.0982. The quantitative estimate of drug-likeness (QED) is 0.0573. The van der Waals surface area contributed by atoms with E-state index in [1.54, 1.807) is 36.2 Å². The van der Waals surface area contributed by atoms with Crippen molar-refractivity contribution >= 4 is 35.3 Å². The lowest BCUT2D eigenvalue weighted by Crippen LogP contribution is -2.48. The first-order chi connectivity index (χ1) is 30.1. The number of carbonyl (C=O) groups is 5. The number of anilines is 1. The number of hydrogen-bond donors (Lipinski definition) is 1. The van der Waals surface area contributed by atoms with Crippen LogP contribution in [-0.4, -0.2) is 58.9 Å². The number of aliphatic hydroxyl groups is 1. The number of amides is 3. The molecule has 0 aromatic heterocycles. The zero-order chi connectivity index (χ0) is 45.5. The second-order valence-electron chi connectivity index (χ2n) is 19.4. The number of esters is 2. The molecule has 340 valence electrons. The zero-order valence-corrected chi connectivity index (χ0v) is 38.4. The van der Waals surface area contributed by atoms with Crippen molar-refractivity contribution in [2.75, 3.05) is 18.6 Å². The van der Waals surface area contributed by atoms with Crippen LogP contribution in [0.2, 0.25) is 0 Å². The van der Waals surface area contributed by atoms with Gasteiger partial charge in [-0.05, 0) is 143 Å². The molecule has 1 heterocycles. The number of imide groups is 1. The van der Waals surface area contributed by atoms with Gasteiger partial charge >= 0.3 is 11.9 Å². The van der Waals surface area contributed by atoms with Gasteiger partial charge in [-0.3, -0.25) is 28.9 Å². The van der Waals surface area contributed by atoms with Gasteiger partial charge in [-0.15, -0.1) is 0 Å². The van der Waals surface area contributed by atoms with Crippen LogP contribution < -0.4 is 19.1 Å². The van der Waals surface area contributed by atoms with Gasteiger partial charge < -0.3 is 24.2 Å². The van der Waals surface area contributed by atoms with Gasteiger partial charge in [-0.25, -0.2) is 0 Å². The van der Waals surface area contributed by atoms with Crippen LogP contribution in [0.25, 0.3) is 0 Å². The Morgan fingerprint density at radius 2 is 1.19 bits per heavy atom. The summed E-state index contributed by atoms with van der Waals surface area (Å²) in [5.74, 6) is -2.15. The second kappa shape index (κ2) is 20.6. The number of fused-ring (bicyclic) bond motifs is 1. The molecule has 3 aromatic carbocycles. The number of nitrogens with zero attached hydrogens (tertiary/aromatic N) is 2. The molecule has 1 aliphatic heterocycles. The number of ether oxygens (including phenoxy) is 3. The van der Waals surface area contributed by atoms with E-state index < -0.39 is 53.0 Å². The van der Waals surface area contributed by atoms with E-state index in [1.165, 1.54) is 29.7 Å². The van der Waals surface area contributed by atoms with Crippen LogP contribution in [0.5, 0.6) is 23.0 Å². The molecule has 1 saturated heterocycles. The third kappa shape index (κ3) is 11.2. The van der Waals surface area contributed by atoms with Crippen LogP contribution in [0.1, 0.15) is 131 Å². The molecule has 0 radical (unpaired) electrons.